The van der Waals surface area contributed by atoms with E-state index in [9.17, 15) is 13.2 Å². The number of aryl methyl sites for hydroxylation is 1. The lowest BCUT2D eigenvalue weighted by atomic mass is 9.97. The van der Waals surface area contributed by atoms with Gasteiger partial charge in [-0.15, -0.1) is 0 Å². The maximum absolute atomic E-state index is 13.1. The second-order valence-corrected chi connectivity index (χ2v) is 8.69. The van der Waals surface area contributed by atoms with Gasteiger partial charge in [-0.05, 0) is 55.2 Å². The van der Waals surface area contributed by atoms with Gasteiger partial charge in [0.15, 0.2) is 0 Å². The number of nitrogens with one attached hydrogen (secondary N) is 1. The third-order valence-corrected chi connectivity index (χ3v) is 6.70. The van der Waals surface area contributed by atoms with E-state index in [2.05, 4.69) is 4.72 Å². The van der Waals surface area contributed by atoms with E-state index in [1.54, 1.807) is 35.2 Å². The van der Waals surface area contributed by atoms with Crippen LogP contribution in [0.5, 0.6) is 11.5 Å². The summed E-state index contributed by atoms with van der Waals surface area (Å²) in [6.45, 7) is 2.51. The van der Waals surface area contributed by atoms with Gasteiger partial charge in [0.2, 0.25) is 5.91 Å². The van der Waals surface area contributed by atoms with Crippen molar-refractivity contribution in [2.45, 2.75) is 30.6 Å². The standard InChI is InChI=1S/C20H22N2O5S/c1-12-16-11-15(9-13-5-4-8-22(19(13)16)20(12)23)28(24,25)21-17-10-14(26-2)6-7-18(17)27-3/h6-7,9-12,21H,4-5,8H2,1-3H3/t12-/m1/s1. The van der Waals surface area contributed by atoms with Crippen molar-refractivity contribution in [3.05, 3.63) is 41.5 Å². The Morgan fingerprint density at radius 3 is 2.64 bits per heavy atom. The number of rotatable bonds is 5. The number of carbonyl (C=O) groups is 1. The van der Waals surface area contributed by atoms with Gasteiger partial charge in [-0.3, -0.25) is 9.52 Å². The molecule has 0 unspecified atom stereocenters. The first-order chi connectivity index (χ1) is 13.4. The Morgan fingerprint density at radius 2 is 1.93 bits per heavy atom. The topological polar surface area (TPSA) is 84.9 Å². The summed E-state index contributed by atoms with van der Waals surface area (Å²) in [5.41, 5.74) is 2.86. The van der Waals surface area contributed by atoms with Crippen LogP contribution in [0.4, 0.5) is 11.4 Å². The van der Waals surface area contributed by atoms with E-state index in [0.717, 1.165) is 29.7 Å². The SMILES string of the molecule is COc1ccc(OC)c(NS(=O)(=O)c2cc3c4c(c2)[C@@H](C)C(=O)N4CCC3)c1. The molecule has 2 heterocycles. The fourth-order valence-electron chi connectivity index (χ4n) is 3.92. The second kappa shape index (κ2) is 6.70. The molecule has 1 N–H and O–H groups in total. The molecule has 0 saturated carbocycles. The number of nitrogens with zero attached hydrogens (tertiary/aromatic N) is 1. The quantitative estimate of drug-likeness (QED) is 0.831. The van der Waals surface area contributed by atoms with Crippen LogP contribution in [0, 0.1) is 0 Å². The zero-order valence-electron chi connectivity index (χ0n) is 16.0. The molecule has 7 nitrogen and oxygen atoms in total. The summed E-state index contributed by atoms with van der Waals surface area (Å²) >= 11 is 0. The zero-order valence-corrected chi connectivity index (χ0v) is 16.8. The first-order valence-corrected chi connectivity index (χ1v) is 10.6. The third-order valence-electron chi connectivity index (χ3n) is 5.35. The van der Waals surface area contributed by atoms with Crippen LogP contribution in [0.25, 0.3) is 0 Å². The van der Waals surface area contributed by atoms with Gasteiger partial charge in [-0.2, -0.15) is 0 Å². The van der Waals surface area contributed by atoms with Gasteiger partial charge in [0.1, 0.15) is 11.5 Å². The lowest BCUT2D eigenvalue weighted by Crippen LogP contribution is -2.32. The molecule has 0 spiro atoms. The normalized spacial score (nSPS) is 18.0. The molecule has 0 radical (unpaired) electrons. The third kappa shape index (κ3) is 2.88. The number of ether oxygens (including phenoxy) is 2. The molecule has 2 aromatic rings. The van der Waals surface area contributed by atoms with Gasteiger partial charge in [0.05, 0.1) is 36.4 Å². The van der Waals surface area contributed by atoms with Crippen molar-refractivity contribution in [3.8, 4) is 11.5 Å². The smallest absolute Gasteiger partial charge is 0.262 e. The van der Waals surface area contributed by atoms with Crippen molar-refractivity contribution in [1.82, 2.24) is 0 Å². The highest BCUT2D eigenvalue weighted by molar-refractivity contribution is 7.92. The summed E-state index contributed by atoms with van der Waals surface area (Å²) in [6.07, 6.45) is 1.58. The van der Waals surface area contributed by atoms with Crippen molar-refractivity contribution in [1.29, 1.82) is 0 Å². The molecule has 2 aliphatic heterocycles. The first-order valence-electron chi connectivity index (χ1n) is 9.08. The number of hydrogen-bond acceptors (Lipinski definition) is 5. The summed E-state index contributed by atoms with van der Waals surface area (Å²) in [7, 11) is -0.892. The fourth-order valence-corrected chi connectivity index (χ4v) is 5.06. The van der Waals surface area contributed by atoms with Crippen LogP contribution in [0.1, 0.15) is 30.4 Å². The van der Waals surface area contributed by atoms with Gasteiger partial charge in [-0.25, -0.2) is 8.42 Å². The number of methoxy groups -OCH3 is 2. The van der Waals surface area contributed by atoms with Crippen LogP contribution in [-0.2, 0) is 21.2 Å². The lowest BCUT2D eigenvalue weighted by Gasteiger charge is -2.26. The number of benzene rings is 2. The van der Waals surface area contributed by atoms with E-state index in [0.29, 0.717) is 23.7 Å². The maximum Gasteiger partial charge on any atom is 0.262 e. The van der Waals surface area contributed by atoms with E-state index in [-0.39, 0.29) is 16.7 Å². The maximum atomic E-state index is 13.1. The Balaban J connectivity index is 1.77. The average molecular weight is 402 g/mol. The van der Waals surface area contributed by atoms with Crippen molar-refractivity contribution >= 4 is 27.3 Å². The summed E-state index contributed by atoms with van der Waals surface area (Å²) in [5, 5.41) is 0. The summed E-state index contributed by atoms with van der Waals surface area (Å²) < 4.78 is 39.3. The highest BCUT2D eigenvalue weighted by atomic mass is 32.2. The van der Waals surface area contributed by atoms with Gasteiger partial charge < -0.3 is 14.4 Å². The van der Waals surface area contributed by atoms with Crippen molar-refractivity contribution in [2.75, 3.05) is 30.4 Å². The van der Waals surface area contributed by atoms with Crippen LogP contribution in [0.15, 0.2) is 35.2 Å². The van der Waals surface area contributed by atoms with Gasteiger partial charge in [0.25, 0.3) is 10.0 Å². The molecule has 2 aromatic carbocycles. The van der Waals surface area contributed by atoms with Crippen LogP contribution < -0.4 is 19.1 Å². The minimum atomic E-state index is -3.87. The summed E-state index contributed by atoms with van der Waals surface area (Å²) in [6, 6.07) is 8.19. The van der Waals surface area contributed by atoms with Crippen LogP contribution >= 0.6 is 0 Å². The van der Waals surface area contributed by atoms with E-state index in [4.69, 9.17) is 9.47 Å². The highest BCUT2D eigenvalue weighted by Crippen LogP contribution is 2.44. The summed E-state index contributed by atoms with van der Waals surface area (Å²) in [5.74, 6) is 0.597. The average Bonchev–Trinajstić information content (AvgIpc) is 2.94. The van der Waals surface area contributed by atoms with Crippen molar-refractivity contribution in [2.24, 2.45) is 0 Å². The monoisotopic (exact) mass is 402 g/mol. The minimum absolute atomic E-state index is 0.0351. The molecule has 1 amide bonds. The zero-order chi connectivity index (χ0) is 20.1. The molecular weight excluding hydrogens is 380 g/mol. The molecule has 0 saturated heterocycles. The minimum Gasteiger partial charge on any atom is -0.497 e. The van der Waals surface area contributed by atoms with Gasteiger partial charge >= 0.3 is 0 Å². The van der Waals surface area contributed by atoms with E-state index >= 15 is 0 Å². The lowest BCUT2D eigenvalue weighted by molar-refractivity contribution is -0.119. The molecule has 4 rings (SSSR count). The predicted octanol–water partition coefficient (Wildman–Crippen LogP) is 2.90. The summed E-state index contributed by atoms with van der Waals surface area (Å²) in [4.78, 5) is 14.4. The van der Waals surface area contributed by atoms with Crippen LogP contribution in [0.2, 0.25) is 0 Å². The van der Waals surface area contributed by atoms with E-state index in [1.165, 1.54) is 14.2 Å². The van der Waals surface area contributed by atoms with Gasteiger partial charge in [-0.1, -0.05) is 0 Å². The van der Waals surface area contributed by atoms with Crippen molar-refractivity contribution < 1.29 is 22.7 Å². The number of amides is 1. The molecule has 2 aliphatic rings. The molecular formula is C20H22N2O5S. The molecule has 8 heteroatoms. The Morgan fingerprint density at radius 1 is 1.14 bits per heavy atom. The number of hydrogen-bond donors (Lipinski definition) is 1. The van der Waals surface area contributed by atoms with E-state index in [1.807, 2.05) is 6.92 Å². The van der Waals surface area contributed by atoms with Crippen LogP contribution in [-0.4, -0.2) is 35.1 Å². The largest absolute Gasteiger partial charge is 0.497 e. The molecule has 0 aliphatic carbocycles. The van der Waals surface area contributed by atoms with Crippen LogP contribution in [0.3, 0.4) is 0 Å². The number of carbonyl (C=O) groups excluding carboxylic acids is 1. The Kier molecular flexibility index (Phi) is 4.45. The number of sulfonamides is 1. The predicted molar refractivity (Wildman–Crippen MR) is 106 cm³/mol. The molecule has 148 valence electrons. The highest BCUT2D eigenvalue weighted by Gasteiger charge is 2.38. The van der Waals surface area contributed by atoms with Gasteiger partial charge in [0, 0.05) is 12.6 Å². The Labute approximate surface area is 164 Å². The molecule has 1 atom stereocenters. The molecule has 28 heavy (non-hydrogen) atoms. The molecule has 0 bridgehead atoms. The van der Waals surface area contributed by atoms with Crippen molar-refractivity contribution in [3.63, 3.8) is 0 Å². The Bertz CT molecular complexity index is 1060. The first kappa shape index (κ1) is 18.6. The second-order valence-electron chi connectivity index (χ2n) is 7.01. The number of anilines is 2. The fraction of sp³-hybridized carbons (Fsp3) is 0.350. The Hall–Kier alpha value is -2.74. The molecule has 0 aromatic heterocycles. The van der Waals surface area contributed by atoms with E-state index < -0.39 is 10.0 Å². The molecule has 0 fully saturated rings.